The molecule has 0 spiro atoms. The van der Waals surface area contributed by atoms with E-state index in [4.69, 9.17) is 14.2 Å². The third kappa shape index (κ3) is 8.40. The summed E-state index contributed by atoms with van der Waals surface area (Å²) in [6.45, 7) is 4.82. The first-order valence-electron chi connectivity index (χ1n) is 12.2. The molecule has 0 aromatic heterocycles. The van der Waals surface area contributed by atoms with Crippen LogP contribution in [0.4, 0.5) is 0 Å². The SMILES string of the molecule is COC(=O)C(Cc1ccc(OC[C@H](O)CNC(C)(C)Cc2ccc(OC)cc2)cc1)c1ccccc1. The van der Waals surface area contributed by atoms with Crippen LogP contribution in [-0.2, 0) is 22.4 Å². The van der Waals surface area contributed by atoms with Crippen LogP contribution in [0.3, 0.4) is 0 Å². The lowest BCUT2D eigenvalue weighted by atomic mass is 9.92. The monoisotopic (exact) mass is 491 g/mol. The predicted molar refractivity (Wildman–Crippen MR) is 142 cm³/mol. The molecule has 0 radical (unpaired) electrons. The summed E-state index contributed by atoms with van der Waals surface area (Å²) in [4.78, 5) is 12.3. The molecule has 36 heavy (non-hydrogen) atoms. The van der Waals surface area contributed by atoms with Gasteiger partial charge in [0.15, 0.2) is 0 Å². The Kier molecular flexibility index (Phi) is 9.91. The van der Waals surface area contributed by atoms with Crippen LogP contribution in [0.5, 0.6) is 11.5 Å². The molecule has 0 bridgehead atoms. The second kappa shape index (κ2) is 13.1. The number of carbonyl (C=O) groups is 1. The van der Waals surface area contributed by atoms with Crippen LogP contribution in [0.2, 0.25) is 0 Å². The van der Waals surface area contributed by atoms with Gasteiger partial charge >= 0.3 is 5.97 Å². The van der Waals surface area contributed by atoms with E-state index in [0.29, 0.717) is 18.7 Å². The van der Waals surface area contributed by atoms with Crippen molar-refractivity contribution in [2.24, 2.45) is 0 Å². The Labute approximate surface area is 214 Å². The average molecular weight is 492 g/mol. The molecule has 2 atom stereocenters. The standard InChI is InChI=1S/C30H37NO5/c1-30(2,19-23-12-14-26(34-3)15-13-23)31-20-25(32)21-36-27-16-10-22(11-17-27)18-28(29(33)35-4)24-8-6-5-7-9-24/h5-17,25,28,31-32H,18-21H2,1-4H3/t25-,28?/m1/s1. The Morgan fingerprint density at radius 1 is 0.889 bits per heavy atom. The van der Waals surface area contributed by atoms with Crippen LogP contribution in [0.15, 0.2) is 78.9 Å². The van der Waals surface area contributed by atoms with Crippen molar-refractivity contribution in [3.05, 3.63) is 95.6 Å². The number of nitrogens with one attached hydrogen (secondary N) is 1. The number of benzene rings is 3. The number of β-amino-alcohol motifs (C(OH)–C–C–N with tert-alkyl or cyclic N) is 1. The molecule has 0 aliphatic rings. The minimum Gasteiger partial charge on any atom is -0.497 e. The van der Waals surface area contributed by atoms with E-state index in [9.17, 15) is 9.90 Å². The zero-order valence-electron chi connectivity index (χ0n) is 21.6. The third-order valence-electron chi connectivity index (χ3n) is 6.11. The Bertz CT molecular complexity index is 1060. The topological polar surface area (TPSA) is 77.0 Å². The molecular formula is C30H37NO5. The van der Waals surface area contributed by atoms with Crippen molar-refractivity contribution in [2.45, 2.75) is 44.2 Å². The molecule has 3 aromatic carbocycles. The van der Waals surface area contributed by atoms with Crippen LogP contribution in [-0.4, -0.2) is 50.1 Å². The lowest BCUT2D eigenvalue weighted by molar-refractivity contribution is -0.142. The first kappa shape index (κ1) is 27.2. The Morgan fingerprint density at radius 2 is 1.50 bits per heavy atom. The van der Waals surface area contributed by atoms with Crippen LogP contribution in [0, 0.1) is 0 Å². The van der Waals surface area contributed by atoms with Gasteiger partial charge < -0.3 is 24.6 Å². The average Bonchev–Trinajstić information content (AvgIpc) is 2.90. The van der Waals surface area contributed by atoms with Crippen LogP contribution in [0.25, 0.3) is 0 Å². The van der Waals surface area contributed by atoms with Crippen LogP contribution < -0.4 is 14.8 Å². The van der Waals surface area contributed by atoms with Gasteiger partial charge in [0.05, 0.1) is 20.1 Å². The molecule has 0 fully saturated rings. The van der Waals surface area contributed by atoms with Crippen molar-refractivity contribution >= 4 is 5.97 Å². The number of aliphatic hydroxyl groups is 1. The molecule has 6 heteroatoms. The summed E-state index contributed by atoms with van der Waals surface area (Å²) in [7, 11) is 3.07. The van der Waals surface area contributed by atoms with E-state index in [-0.39, 0.29) is 24.0 Å². The van der Waals surface area contributed by atoms with E-state index in [1.165, 1.54) is 12.7 Å². The van der Waals surface area contributed by atoms with E-state index in [0.717, 1.165) is 23.3 Å². The summed E-state index contributed by atoms with van der Waals surface area (Å²) in [5.74, 6) is 0.887. The molecule has 3 aromatic rings. The first-order valence-corrected chi connectivity index (χ1v) is 12.2. The van der Waals surface area contributed by atoms with Crippen molar-refractivity contribution in [3.8, 4) is 11.5 Å². The Hall–Kier alpha value is -3.35. The van der Waals surface area contributed by atoms with E-state index < -0.39 is 6.10 Å². The van der Waals surface area contributed by atoms with Gasteiger partial charge in [0, 0.05) is 12.1 Å². The highest BCUT2D eigenvalue weighted by Crippen LogP contribution is 2.24. The van der Waals surface area contributed by atoms with Gasteiger partial charge in [-0.3, -0.25) is 4.79 Å². The minimum atomic E-state index is -0.651. The largest absolute Gasteiger partial charge is 0.497 e. The first-order chi connectivity index (χ1) is 17.3. The van der Waals surface area contributed by atoms with Crippen molar-refractivity contribution in [1.82, 2.24) is 5.32 Å². The van der Waals surface area contributed by atoms with Crippen LogP contribution in [0.1, 0.15) is 36.5 Å². The van der Waals surface area contributed by atoms with Gasteiger partial charge in [-0.2, -0.15) is 0 Å². The number of rotatable bonds is 13. The molecule has 0 saturated heterocycles. The normalized spacial score (nSPS) is 13.0. The highest BCUT2D eigenvalue weighted by molar-refractivity contribution is 5.78. The second-order valence-corrected chi connectivity index (χ2v) is 9.59. The molecule has 3 rings (SSSR count). The molecule has 0 aliphatic heterocycles. The fourth-order valence-electron chi connectivity index (χ4n) is 4.08. The maximum Gasteiger partial charge on any atom is 0.313 e. The summed E-state index contributed by atoms with van der Waals surface area (Å²) in [5.41, 5.74) is 2.94. The van der Waals surface area contributed by atoms with E-state index >= 15 is 0 Å². The van der Waals surface area contributed by atoms with Gasteiger partial charge in [0.2, 0.25) is 0 Å². The molecule has 0 amide bonds. The van der Waals surface area contributed by atoms with E-state index in [1.54, 1.807) is 7.11 Å². The van der Waals surface area contributed by atoms with Gasteiger partial charge in [0.25, 0.3) is 0 Å². The number of aliphatic hydroxyl groups excluding tert-OH is 1. The smallest absolute Gasteiger partial charge is 0.313 e. The zero-order chi connectivity index (χ0) is 26.0. The maximum atomic E-state index is 12.3. The number of hydrogen-bond acceptors (Lipinski definition) is 6. The highest BCUT2D eigenvalue weighted by atomic mass is 16.5. The molecule has 2 N–H and O–H groups in total. The second-order valence-electron chi connectivity index (χ2n) is 9.59. The van der Waals surface area contributed by atoms with Crippen molar-refractivity contribution in [2.75, 3.05) is 27.4 Å². The number of hydrogen-bond donors (Lipinski definition) is 2. The zero-order valence-corrected chi connectivity index (χ0v) is 21.6. The quantitative estimate of drug-likeness (QED) is 0.342. The number of carbonyl (C=O) groups excluding carboxylic acids is 1. The van der Waals surface area contributed by atoms with E-state index in [2.05, 4.69) is 31.3 Å². The van der Waals surface area contributed by atoms with Gasteiger partial charge in [-0.05, 0) is 67.6 Å². The fraction of sp³-hybridized carbons (Fsp3) is 0.367. The Morgan fingerprint density at radius 3 is 2.11 bits per heavy atom. The fourth-order valence-corrected chi connectivity index (χ4v) is 4.08. The summed E-state index contributed by atoms with van der Waals surface area (Å²) in [5, 5.41) is 13.9. The molecule has 1 unspecified atom stereocenters. The lowest BCUT2D eigenvalue weighted by Crippen LogP contribution is -2.46. The van der Waals surface area contributed by atoms with Gasteiger partial charge in [-0.1, -0.05) is 54.6 Å². The Balaban J connectivity index is 1.47. The molecule has 0 saturated carbocycles. The van der Waals surface area contributed by atoms with E-state index in [1.807, 2.05) is 66.7 Å². The maximum absolute atomic E-state index is 12.3. The van der Waals surface area contributed by atoms with Crippen LogP contribution >= 0.6 is 0 Å². The minimum absolute atomic E-state index is 0.180. The molecule has 192 valence electrons. The summed E-state index contributed by atoms with van der Waals surface area (Å²) in [6, 6.07) is 25.3. The number of ether oxygens (including phenoxy) is 3. The molecule has 0 heterocycles. The number of methoxy groups -OCH3 is 2. The van der Waals surface area contributed by atoms with Gasteiger partial charge in [0.1, 0.15) is 24.2 Å². The van der Waals surface area contributed by atoms with Gasteiger partial charge in [-0.15, -0.1) is 0 Å². The summed E-state index contributed by atoms with van der Waals surface area (Å²) in [6.07, 6.45) is 0.704. The van der Waals surface area contributed by atoms with Gasteiger partial charge in [-0.25, -0.2) is 0 Å². The summed E-state index contributed by atoms with van der Waals surface area (Å²) >= 11 is 0. The summed E-state index contributed by atoms with van der Waals surface area (Å²) < 4.78 is 16.0. The predicted octanol–water partition coefficient (Wildman–Crippen LogP) is 4.55. The molecular weight excluding hydrogens is 454 g/mol. The third-order valence-corrected chi connectivity index (χ3v) is 6.11. The number of esters is 1. The van der Waals surface area contributed by atoms with Crippen molar-refractivity contribution in [1.29, 1.82) is 0 Å². The van der Waals surface area contributed by atoms with Crippen molar-refractivity contribution < 1.29 is 24.1 Å². The van der Waals surface area contributed by atoms with Crippen molar-refractivity contribution in [3.63, 3.8) is 0 Å². The lowest BCUT2D eigenvalue weighted by Gasteiger charge is -2.28. The highest BCUT2D eigenvalue weighted by Gasteiger charge is 2.22. The molecule has 6 nitrogen and oxygen atoms in total. The molecule has 0 aliphatic carbocycles.